The molecule has 0 spiro atoms. The number of hydrogen-bond acceptors (Lipinski definition) is 2. The summed E-state index contributed by atoms with van der Waals surface area (Å²) >= 11 is 0. The molecule has 0 saturated heterocycles. The van der Waals surface area contributed by atoms with Crippen LogP contribution in [0.1, 0.15) is 61.4 Å². The second kappa shape index (κ2) is 10.6. The molecule has 0 aliphatic carbocycles. The second-order valence-corrected chi connectivity index (χ2v) is 6.15. The molecule has 24 heavy (non-hydrogen) atoms. The number of nitrogens with zero attached hydrogens (tertiary/aromatic N) is 1. The Bertz CT molecular complexity index is 593. The topological polar surface area (TPSA) is 30.2 Å². The number of unbranched alkanes of at least 4 members (excludes halogenated alkanes) is 5. The molecule has 1 aromatic carbocycles. The van der Waals surface area contributed by atoms with Crippen molar-refractivity contribution in [3.05, 3.63) is 66.0 Å². The van der Waals surface area contributed by atoms with Crippen molar-refractivity contribution in [2.45, 2.75) is 52.0 Å². The van der Waals surface area contributed by atoms with Crippen LogP contribution in [-0.2, 0) is 11.3 Å². The molecule has 1 aromatic heterocycles. The molecule has 0 aliphatic heterocycles. The van der Waals surface area contributed by atoms with Crippen molar-refractivity contribution in [3.63, 3.8) is 0 Å². The maximum atomic E-state index is 12.0. The smallest absolute Gasteiger partial charge is 0.338 e. The van der Waals surface area contributed by atoms with Gasteiger partial charge >= 0.3 is 5.97 Å². The minimum absolute atomic E-state index is 0.226. The van der Waals surface area contributed by atoms with E-state index in [0.717, 1.165) is 19.4 Å². The van der Waals surface area contributed by atoms with Gasteiger partial charge in [-0.1, -0.05) is 69.4 Å². The predicted octanol–water partition coefficient (Wildman–Crippen LogP) is 4.54. The van der Waals surface area contributed by atoms with Crippen LogP contribution in [0.3, 0.4) is 0 Å². The Morgan fingerprint density at radius 3 is 2.29 bits per heavy atom. The molecule has 0 N–H and O–H groups in total. The molecule has 0 aliphatic rings. The molecule has 3 heteroatoms. The normalized spacial score (nSPS) is 10.5. The average Bonchev–Trinajstić information content (AvgIpc) is 2.62. The van der Waals surface area contributed by atoms with Crippen LogP contribution in [0.2, 0.25) is 0 Å². The van der Waals surface area contributed by atoms with Gasteiger partial charge < -0.3 is 4.74 Å². The summed E-state index contributed by atoms with van der Waals surface area (Å²) in [6, 6.07) is 13.9. The molecule has 2 aromatic rings. The van der Waals surface area contributed by atoms with Gasteiger partial charge in [0.15, 0.2) is 18.9 Å². The van der Waals surface area contributed by atoms with E-state index >= 15 is 0 Å². The van der Waals surface area contributed by atoms with Crippen molar-refractivity contribution in [1.29, 1.82) is 0 Å². The standard InChI is InChI=1S/C21H28NO2/c1-2-3-4-5-6-10-17-24-21(23)20-13-15-22(16-14-20)18-19-11-8-7-9-12-19/h7-9,11-16H,2-6,10,17-18H2,1H3/q+1. The first-order chi connectivity index (χ1) is 11.8. The first kappa shape index (κ1) is 18.2. The van der Waals surface area contributed by atoms with Gasteiger partial charge in [0.05, 0.1) is 12.2 Å². The van der Waals surface area contributed by atoms with Crippen LogP contribution in [0.4, 0.5) is 0 Å². The Hall–Kier alpha value is -2.16. The minimum Gasteiger partial charge on any atom is -0.462 e. The number of rotatable bonds is 10. The van der Waals surface area contributed by atoms with Gasteiger partial charge in [-0.2, -0.15) is 0 Å². The van der Waals surface area contributed by atoms with Gasteiger partial charge in [0.25, 0.3) is 0 Å². The summed E-state index contributed by atoms with van der Waals surface area (Å²) in [7, 11) is 0. The number of hydrogen-bond donors (Lipinski definition) is 0. The van der Waals surface area contributed by atoms with Crippen molar-refractivity contribution in [2.75, 3.05) is 6.61 Å². The molecule has 0 bridgehead atoms. The lowest BCUT2D eigenvalue weighted by molar-refractivity contribution is -0.688. The first-order valence-electron chi connectivity index (χ1n) is 8.99. The number of benzene rings is 1. The quantitative estimate of drug-likeness (QED) is 0.364. The van der Waals surface area contributed by atoms with E-state index in [-0.39, 0.29) is 5.97 Å². The molecule has 3 nitrogen and oxygen atoms in total. The van der Waals surface area contributed by atoms with E-state index in [1.165, 1.54) is 31.2 Å². The van der Waals surface area contributed by atoms with E-state index < -0.39 is 0 Å². The minimum atomic E-state index is -0.226. The Kier molecular flexibility index (Phi) is 8.02. The van der Waals surface area contributed by atoms with Crippen LogP contribution in [0.25, 0.3) is 0 Å². The van der Waals surface area contributed by atoms with Crippen molar-refractivity contribution in [1.82, 2.24) is 0 Å². The maximum Gasteiger partial charge on any atom is 0.338 e. The molecule has 0 unspecified atom stereocenters. The summed E-state index contributed by atoms with van der Waals surface area (Å²) in [4.78, 5) is 12.0. The fraction of sp³-hybridized carbons (Fsp3) is 0.429. The zero-order valence-corrected chi connectivity index (χ0v) is 14.6. The zero-order valence-electron chi connectivity index (χ0n) is 14.6. The van der Waals surface area contributed by atoms with Gasteiger partial charge in [0, 0.05) is 17.7 Å². The van der Waals surface area contributed by atoms with Gasteiger partial charge in [0.2, 0.25) is 0 Å². The van der Waals surface area contributed by atoms with E-state index in [0.29, 0.717) is 12.2 Å². The highest BCUT2D eigenvalue weighted by atomic mass is 16.5. The van der Waals surface area contributed by atoms with Crippen LogP contribution in [0, 0.1) is 0 Å². The molecule has 0 fully saturated rings. The number of aromatic nitrogens is 1. The SMILES string of the molecule is CCCCCCCCOC(=O)c1cc[n+](Cc2ccccc2)cc1. The van der Waals surface area contributed by atoms with E-state index in [9.17, 15) is 4.79 Å². The average molecular weight is 326 g/mol. The van der Waals surface area contributed by atoms with E-state index in [1.54, 1.807) is 0 Å². The summed E-state index contributed by atoms with van der Waals surface area (Å²) in [5, 5.41) is 0. The largest absolute Gasteiger partial charge is 0.462 e. The van der Waals surface area contributed by atoms with Crippen LogP contribution < -0.4 is 4.57 Å². The highest BCUT2D eigenvalue weighted by molar-refractivity contribution is 5.88. The van der Waals surface area contributed by atoms with Gasteiger partial charge in [-0.3, -0.25) is 0 Å². The van der Waals surface area contributed by atoms with Crippen molar-refractivity contribution in [2.24, 2.45) is 0 Å². The third-order valence-corrected chi connectivity index (χ3v) is 4.07. The van der Waals surface area contributed by atoms with E-state index in [2.05, 4.69) is 23.6 Å². The van der Waals surface area contributed by atoms with Gasteiger partial charge in [-0.05, 0) is 6.42 Å². The van der Waals surface area contributed by atoms with Crippen LogP contribution in [0.15, 0.2) is 54.9 Å². The van der Waals surface area contributed by atoms with Gasteiger partial charge in [-0.15, -0.1) is 0 Å². The zero-order chi connectivity index (χ0) is 17.0. The highest BCUT2D eigenvalue weighted by Gasteiger charge is 2.09. The molecule has 0 saturated carbocycles. The van der Waals surface area contributed by atoms with Crippen LogP contribution in [-0.4, -0.2) is 12.6 Å². The Morgan fingerprint density at radius 2 is 1.58 bits per heavy atom. The molecular weight excluding hydrogens is 298 g/mol. The lowest BCUT2D eigenvalue weighted by Crippen LogP contribution is -2.33. The molecule has 0 amide bonds. The van der Waals surface area contributed by atoms with E-state index in [1.807, 2.05) is 42.7 Å². The van der Waals surface area contributed by atoms with E-state index in [4.69, 9.17) is 4.74 Å². The van der Waals surface area contributed by atoms with Crippen molar-refractivity contribution < 1.29 is 14.1 Å². The fourth-order valence-electron chi connectivity index (χ4n) is 2.62. The summed E-state index contributed by atoms with van der Waals surface area (Å²) in [5.74, 6) is -0.226. The number of pyridine rings is 1. The monoisotopic (exact) mass is 326 g/mol. The third-order valence-electron chi connectivity index (χ3n) is 4.07. The summed E-state index contributed by atoms with van der Waals surface area (Å²) in [5.41, 5.74) is 1.85. The Morgan fingerprint density at radius 1 is 0.917 bits per heavy atom. The molecule has 1 heterocycles. The molecule has 2 rings (SSSR count). The summed E-state index contributed by atoms with van der Waals surface area (Å²) in [6.07, 6.45) is 11.0. The number of carbonyl (C=O) groups is 1. The molecular formula is C21H28NO2+. The van der Waals surface area contributed by atoms with Crippen LogP contribution in [0.5, 0.6) is 0 Å². The second-order valence-electron chi connectivity index (χ2n) is 6.15. The fourth-order valence-corrected chi connectivity index (χ4v) is 2.62. The molecule has 0 radical (unpaired) electrons. The van der Waals surface area contributed by atoms with Crippen LogP contribution >= 0.6 is 0 Å². The third kappa shape index (κ3) is 6.53. The predicted molar refractivity (Wildman–Crippen MR) is 95.8 cm³/mol. The number of esters is 1. The maximum absolute atomic E-state index is 12.0. The molecule has 128 valence electrons. The number of ether oxygens (including phenoxy) is 1. The van der Waals surface area contributed by atoms with Crippen molar-refractivity contribution >= 4 is 5.97 Å². The lowest BCUT2D eigenvalue weighted by atomic mass is 10.1. The van der Waals surface area contributed by atoms with Gasteiger partial charge in [-0.25, -0.2) is 9.36 Å². The molecule has 0 atom stereocenters. The summed E-state index contributed by atoms with van der Waals surface area (Å²) < 4.78 is 7.40. The number of carbonyl (C=O) groups excluding carboxylic acids is 1. The first-order valence-corrected chi connectivity index (χ1v) is 8.99. The van der Waals surface area contributed by atoms with Crippen molar-refractivity contribution in [3.8, 4) is 0 Å². The summed E-state index contributed by atoms with van der Waals surface area (Å²) in [6.45, 7) is 3.53. The highest BCUT2D eigenvalue weighted by Crippen LogP contribution is 2.06. The Labute approximate surface area is 145 Å². The Balaban J connectivity index is 1.71. The lowest BCUT2D eigenvalue weighted by Gasteiger charge is -2.04. The van der Waals surface area contributed by atoms with Gasteiger partial charge in [0.1, 0.15) is 0 Å².